The number of ether oxygens (including phenoxy) is 1. The van der Waals surface area contributed by atoms with Gasteiger partial charge in [0.05, 0.1) is 52.5 Å². The number of carbonyl (C=O) groups is 2. The van der Waals surface area contributed by atoms with E-state index < -0.39 is 0 Å². The largest absolute Gasteiger partial charge is 0.462 e. The minimum atomic E-state index is -0.389. The summed E-state index contributed by atoms with van der Waals surface area (Å²) >= 11 is 9.30. The summed E-state index contributed by atoms with van der Waals surface area (Å²) in [5.41, 5.74) is 4.08. The third kappa shape index (κ3) is 5.12. The molecule has 5 aromatic rings. The van der Waals surface area contributed by atoms with E-state index in [-0.39, 0.29) is 24.2 Å². The molecule has 2 aromatic carbocycles. The topological polar surface area (TPSA) is 104 Å². The molecule has 1 aliphatic carbocycles. The summed E-state index contributed by atoms with van der Waals surface area (Å²) < 4.78 is 9.16. The highest BCUT2D eigenvalue weighted by molar-refractivity contribution is 7.99. The van der Waals surface area contributed by atoms with Gasteiger partial charge >= 0.3 is 5.97 Å². The van der Waals surface area contributed by atoms with Gasteiger partial charge in [-0.1, -0.05) is 47.6 Å². The Morgan fingerprint density at radius 1 is 1.12 bits per heavy atom. The number of rotatable bonds is 9. The van der Waals surface area contributed by atoms with Crippen molar-refractivity contribution in [2.24, 2.45) is 0 Å². The average Bonchev–Trinajstić information content (AvgIpc) is 3.72. The van der Waals surface area contributed by atoms with Gasteiger partial charge in [0.15, 0.2) is 11.0 Å². The second-order valence-corrected chi connectivity index (χ2v) is 11.6. The maximum atomic E-state index is 13.1. The van der Waals surface area contributed by atoms with Gasteiger partial charge in [0.25, 0.3) is 0 Å². The summed E-state index contributed by atoms with van der Waals surface area (Å²) in [6, 6.07) is 15.3. The van der Waals surface area contributed by atoms with Crippen LogP contribution in [0.4, 0.5) is 5.00 Å². The SMILES string of the molecule is CCOC(=O)c1c(NC(=O)CSc2nnc(Cn3cnc4ccccc43)n2-c2ccccc2Cl)sc2c1CCC2. The van der Waals surface area contributed by atoms with E-state index in [2.05, 4.69) is 20.5 Å². The number of para-hydroxylation sites is 3. The summed E-state index contributed by atoms with van der Waals surface area (Å²) in [6.07, 6.45) is 4.51. The zero-order chi connectivity index (χ0) is 27.6. The van der Waals surface area contributed by atoms with E-state index in [9.17, 15) is 9.59 Å². The van der Waals surface area contributed by atoms with Gasteiger partial charge in [-0.2, -0.15) is 0 Å². The molecular weight excluding hydrogens is 568 g/mol. The molecule has 0 saturated carbocycles. The molecule has 0 spiro atoms. The number of benzene rings is 2. The van der Waals surface area contributed by atoms with Crippen LogP contribution in [0.15, 0.2) is 60.0 Å². The van der Waals surface area contributed by atoms with Crippen molar-refractivity contribution in [1.82, 2.24) is 24.3 Å². The van der Waals surface area contributed by atoms with Crippen molar-refractivity contribution in [3.63, 3.8) is 0 Å². The van der Waals surface area contributed by atoms with Crippen molar-refractivity contribution >= 4 is 62.6 Å². The molecule has 0 atom stereocenters. The van der Waals surface area contributed by atoms with Crippen LogP contribution in [0.3, 0.4) is 0 Å². The van der Waals surface area contributed by atoms with Crippen LogP contribution in [-0.4, -0.2) is 48.6 Å². The number of hydrogen-bond donors (Lipinski definition) is 1. The summed E-state index contributed by atoms with van der Waals surface area (Å²) in [7, 11) is 0. The molecule has 0 fully saturated rings. The lowest BCUT2D eigenvalue weighted by Gasteiger charge is -2.12. The number of hydrogen-bond acceptors (Lipinski definition) is 8. The highest BCUT2D eigenvalue weighted by Gasteiger charge is 2.28. The minimum absolute atomic E-state index is 0.0709. The first-order valence-electron chi connectivity index (χ1n) is 12.9. The number of carbonyl (C=O) groups excluding carboxylic acids is 2. The highest BCUT2D eigenvalue weighted by atomic mass is 35.5. The molecular formula is C28H25ClN6O3S2. The number of nitrogens with one attached hydrogen (secondary N) is 1. The predicted octanol–water partition coefficient (Wildman–Crippen LogP) is 5.78. The molecule has 6 rings (SSSR count). The summed E-state index contributed by atoms with van der Waals surface area (Å²) in [5, 5.41) is 13.4. The van der Waals surface area contributed by atoms with Crippen molar-refractivity contribution in [3.8, 4) is 5.69 Å². The quantitative estimate of drug-likeness (QED) is 0.171. The maximum Gasteiger partial charge on any atom is 0.341 e. The first-order valence-corrected chi connectivity index (χ1v) is 15.0. The zero-order valence-corrected chi connectivity index (χ0v) is 24.0. The lowest BCUT2D eigenvalue weighted by Crippen LogP contribution is -2.17. The fraction of sp³-hybridized carbons (Fsp3) is 0.250. The Morgan fingerprint density at radius 2 is 1.95 bits per heavy atom. The van der Waals surface area contributed by atoms with Crippen molar-refractivity contribution in [2.45, 2.75) is 37.9 Å². The third-order valence-electron chi connectivity index (χ3n) is 6.62. The van der Waals surface area contributed by atoms with Crippen LogP contribution in [0.5, 0.6) is 0 Å². The van der Waals surface area contributed by atoms with E-state index in [1.54, 1.807) is 19.3 Å². The lowest BCUT2D eigenvalue weighted by atomic mass is 10.1. The average molecular weight is 593 g/mol. The molecule has 1 amide bonds. The highest BCUT2D eigenvalue weighted by Crippen LogP contribution is 2.39. The van der Waals surface area contributed by atoms with Crippen LogP contribution >= 0.6 is 34.7 Å². The first kappa shape index (κ1) is 26.5. The van der Waals surface area contributed by atoms with Gasteiger partial charge in [-0.25, -0.2) is 9.78 Å². The number of esters is 1. The molecule has 0 bridgehead atoms. The molecule has 204 valence electrons. The Balaban J connectivity index is 1.25. The Kier molecular flexibility index (Phi) is 7.59. The van der Waals surface area contributed by atoms with Gasteiger partial charge in [-0.3, -0.25) is 9.36 Å². The Bertz CT molecular complexity index is 1730. The molecule has 3 aromatic heterocycles. The fourth-order valence-electron chi connectivity index (χ4n) is 4.86. The normalized spacial score (nSPS) is 12.6. The fourth-order valence-corrected chi connectivity index (χ4v) is 7.14. The number of thioether (sulfide) groups is 1. The van der Waals surface area contributed by atoms with Crippen molar-refractivity contribution in [1.29, 1.82) is 0 Å². The first-order chi connectivity index (χ1) is 19.5. The second kappa shape index (κ2) is 11.4. The molecule has 0 saturated heterocycles. The molecule has 1 N–H and O–H groups in total. The Labute approximate surface area is 243 Å². The zero-order valence-electron chi connectivity index (χ0n) is 21.6. The molecule has 3 heterocycles. The summed E-state index contributed by atoms with van der Waals surface area (Å²) in [5.74, 6) is 0.0892. The van der Waals surface area contributed by atoms with E-state index in [0.29, 0.717) is 33.1 Å². The second-order valence-electron chi connectivity index (χ2n) is 9.17. The van der Waals surface area contributed by atoms with Crippen molar-refractivity contribution in [2.75, 3.05) is 17.7 Å². The third-order valence-corrected chi connectivity index (χ3v) is 9.07. The Morgan fingerprint density at radius 3 is 2.80 bits per heavy atom. The Hall–Kier alpha value is -3.67. The van der Waals surface area contributed by atoms with Gasteiger partial charge in [0.2, 0.25) is 5.91 Å². The van der Waals surface area contributed by atoms with Gasteiger partial charge in [0, 0.05) is 4.88 Å². The van der Waals surface area contributed by atoms with Gasteiger partial charge in [0.1, 0.15) is 5.00 Å². The number of fused-ring (bicyclic) bond motifs is 2. The van der Waals surface area contributed by atoms with E-state index in [4.69, 9.17) is 16.3 Å². The number of halogens is 1. The smallest absolute Gasteiger partial charge is 0.341 e. The van der Waals surface area contributed by atoms with Crippen molar-refractivity contribution in [3.05, 3.63) is 81.7 Å². The number of aryl methyl sites for hydroxylation is 1. The molecule has 40 heavy (non-hydrogen) atoms. The number of imidazole rings is 1. The van der Waals surface area contributed by atoms with Gasteiger partial charge in [-0.15, -0.1) is 21.5 Å². The molecule has 1 aliphatic rings. The van der Waals surface area contributed by atoms with E-state index in [1.165, 1.54) is 23.1 Å². The number of nitrogens with zero attached hydrogens (tertiary/aromatic N) is 5. The number of amides is 1. The maximum absolute atomic E-state index is 13.1. The monoisotopic (exact) mass is 592 g/mol. The summed E-state index contributed by atoms with van der Waals surface area (Å²) in [6.45, 7) is 2.47. The van der Waals surface area contributed by atoms with Gasteiger partial charge < -0.3 is 14.6 Å². The molecule has 12 heteroatoms. The van der Waals surface area contributed by atoms with Crippen LogP contribution in [0, 0.1) is 0 Å². The van der Waals surface area contributed by atoms with E-state index in [1.807, 2.05) is 51.6 Å². The van der Waals surface area contributed by atoms with Crippen LogP contribution in [-0.2, 0) is 28.9 Å². The van der Waals surface area contributed by atoms with E-state index >= 15 is 0 Å². The number of thiophene rings is 1. The van der Waals surface area contributed by atoms with Gasteiger partial charge in [-0.05, 0) is 56.0 Å². The molecule has 0 radical (unpaired) electrons. The molecule has 9 nitrogen and oxygen atoms in total. The van der Waals surface area contributed by atoms with Crippen molar-refractivity contribution < 1.29 is 14.3 Å². The number of aromatic nitrogens is 5. The minimum Gasteiger partial charge on any atom is -0.462 e. The van der Waals surface area contributed by atoms with Crippen LogP contribution in [0.1, 0.15) is 40.0 Å². The van der Waals surface area contributed by atoms with Crippen LogP contribution in [0.25, 0.3) is 16.7 Å². The van der Waals surface area contributed by atoms with Crippen LogP contribution in [0.2, 0.25) is 5.02 Å². The summed E-state index contributed by atoms with van der Waals surface area (Å²) in [4.78, 5) is 31.4. The molecule has 0 unspecified atom stereocenters. The molecule has 0 aliphatic heterocycles. The predicted molar refractivity (Wildman–Crippen MR) is 157 cm³/mol. The standard InChI is InChI=1S/C28H25ClN6O3S2/c1-2-38-27(37)25-17-8-7-13-22(17)40-26(25)31-24(36)15-39-28-33-32-23(35(28)20-11-5-3-9-18(20)29)14-34-16-30-19-10-4-6-12-21(19)34/h3-6,9-12,16H,2,7-8,13-15H2,1H3,(H,31,36). The van der Waals surface area contributed by atoms with E-state index in [0.717, 1.165) is 46.4 Å². The lowest BCUT2D eigenvalue weighted by molar-refractivity contribution is -0.113. The van der Waals surface area contributed by atoms with Crippen LogP contribution < -0.4 is 5.32 Å². The number of anilines is 1.